The van der Waals surface area contributed by atoms with Crippen LogP contribution in [0.25, 0.3) is 6.08 Å². The minimum Gasteiger partial charge on any atom is -0.506 e. The first kappa shape index (κ1) is 24.4. The molecule has 0 unspecified atom stereocenters. The van der Waals surface area contributed by atoms with Crippen molar-refractivity contribution in [2.75, 3.05) is 13.2 Å². The maximum atomic E-state index is 12.8. The number of aliphatic imine (C=N–C) groups is 1. The Labute approximate surface area is 200 Å². The number of esters is 1. The van der Waals surface area contributed by atoms with Gasteiger partial charge >= 0.3 is 5.97 Å². The number of carbonyl (C=O) groups excluding carboxylic acids is 2. The van der Waals surface area contributed by atoms with Crippen LogP contribution in [0.2, 0.25) is 5.02 Å². The Balaban J connectivity index is 2.06. The lowest BCUT2D eigenvalue weighted by Crippen LogP contribution is -2.14. The molecule has 1 aliphatic heterocycles. The highest BCUT2D eigenvalue weighted by molar-refractivity contribution is 8.18. The van der Waals surface area contributed by atoms with Gasteiger partial charge in [-0.1, -0.05) is 41.6 Å². The monoisotopic (exact) mass is 487 g/mol. The highest BCUT2D eigenvalue weighted by Gasteiger charge is 2.34. The molecule has 0 aliphatic carbocycles. The molecule has 2 N–H and O–H groups in total. The predicted molar refractivity (Wildman–Crippen MR) is 129 cm³/mol. The van der Waals surface area contributed by atoms with E-state index in [4.69, 9.17) is 21.1 Å². The molecule has 0 saturated carbocycles. The molecule has 2 aromatic rings. The topological polar surface area (TPSA) is 105 Å². The van der Waals surface area contributed by atoms with Gasteiger partial charge in [-0.3, -0.25) is 4.79 Å². The molecule has 0 aromatic heterocycles. The van der Waals surface area contributed by atoms with Crippen LogP contribution in [0.15, 0.2) is 57.6 Å². The number of nitrogens with zero attached hydrogens (tertiary/aromatic N) is 1. The maximum Gasteiger partial charge on any atom is 0.344 e. The van der Waals surface area contributed by atoms with Crippen LogP contribution in [0.3, 0.4) is 0 Å². The van der Waals surface area contributed by atoms with Gasteiger partial charge in [0.25, 0.3) is 5.91 Å². The number of phenolic OH excluding ortho intramolecular Hbond substituents is 1. The van der Waals surface area contributed by atoms with Crippen molar-refractivity contribution in [2.24, 2.45) is 4.99 Å². The summed E-state index contributed by atoms with van der Waals surface area (Å²) < 4.78 is 10.4. The summed E-state index contributed by atoms with van der Waals surface area (Å²) in [6.07, 6.45) is 1.55. The highest BCUT2D eigenvalue weighted by atomic mass is 35.5. The summed E-state index contributed by atoms with van der Waals surface area (Å²) in [5.74, 6) is -1.72. The second-order valence-electron chi connectivity index (χ2n) is 6.87. The molecule has 9 heteroatoms. The fourth-order valence-electron chi connectivity index (χ4n) is 3.05. The van der Waals surface area contributed by atoms with Crippen molar-refractivity contribution in [1.29, 1.82) is 0 Å². The van der Waals surface area contributed by atoms with Crippen LogP contribution < -0.4 is 4.74 Å². The van der Waals surface area contributed by atoms with Crippen LogP contribution in [0, 0.1) is 6.92 Å². The molecule has 0 atom stereocenters. The minimum atomic E-state index is -0.791. The Bertz CT molecular complexity index is 1200. The lowest BCUT2D eigenvalue weighted by molar-refractivity contribution is -0.138. The van der Waals surface area contributed by atoms with Gasteiger partial charge in [0.15, 0.2) is 11.5 Å². The molecule has 0 bridgehead atoms. The first-order valence-electron chi connectivity index (χ1n) is 10.1. The van der Waals surface area contributed by atoms with Crippen LogP contribution in [-0.2, 0) is 9.53 Å². The number of hydrogen-bond acceptors (Lipinski definition) is 7. The third-order valence-electron chi connectivity index (χ3n) is 4.60. The normalized spacial score (nSPS) is 15.9. The minimum absolute atomic E-state index is 0.0281. The summed E-state index contributed by atoms with van der Waals surface area (Å²) in [5, 5.41) is 20.9. The van der Waals surface area contributed by atoms with Crippen molar-refractivity contribution in [3.8, 4) is 11.5 Å². The van der Waals surface area contributed by atoms with Gasteiger partial charge < -0.3 is 19.7 Å². The molecular weight excluding hydrogens is 466 g/mol. The number of benzene rings is 2. The molecule has 2 aromatic carbocycles. The number of ether oxygens (including phenoxy) is 2. The van der Waals surface area contributed by atoms with E-state index in [-0.39, 0.29) is 44.4 Å². The SMILES string of the molecule is CCOC(=O)C1=C(O)/C(=C/c2cc(Cl)c(O)c(OCC)c2)SC1=NC(=O)c1ccccc1C. The number of carbonyl (C=O) groups is 2. The largest absolute Gasteiger partial charge is 0.506 e. The molecule has 7 nitrogen and oxygen atoms in total. The van der Waals surface area contributed by atoms with Crippen LogP contribution in [0.1, 0.15) is 35.3 Å². The molecule has 0 fully saturated rings. The van der Waals surface area contributed by atoms with Crippen molar-refractivity contribution >= 4 is 46.4 Å². The van der Waals surface area contributed by atoms with E-state index in [1.807, 2.05) is 0 Å². The van der Waals surface area contributed by atoms with Gasteiger partial charge in [-0.05, 0) is 56.2 Å². The van der Waals surface area contributed by atoms with Gasteiger partial charge in [0.1, 0.15) is 16.4 Å². The van der Waals surface area contributed by atoms with Gasteiger partial charge in [0.05, 0.1) is 23.1 Å². The summed E-state index contributed by atoms with van der Waals surface area (Å²) in [5.41, 5.74) is 1.44. The number of phenols is 1. The molecule has 33 heavy (non-hydrogen) atoms. The second-order valence-corrected chi connectivity index (χ2v) is 8.31. The second kappa shape index (κ2) is 10.6. The first-order chi connectivity index (χ1) is 15.8. The zero-order valence-corrected chi connectivity index (χ0v) is 19.8. The Hall–Kier alpha value is -3.23. The number of aliphatic hydroxyl groups excluding tert-OH is 1. The van der Waals surface area contributed by atoms with Gasteiger partial charge in [0.2, 0.25) is 0 Å². The number of rotatable bonds is 6. The molecule has 3 rings (SSSR count). The molecule has 0 radical (unpaired) electrons. The van der Waals surface area contributed by atoms with Gasteiger partial charge in [-0.2, -0.15) is 0 Å². The maximum absolute atomic E-state index is 12.8. The third kappa shape index (κ3) is 5.40. The summed E-state index contributed by atoms with van der Waals surface area (Å²) in [6.45, 7) is 5.58. The highest BCUT2D eigenvalue weighted by Crippen LogP contribution is 2.41. The first-order valence-corrected chi connectivity index (χ1v) is 11.3. The quantitative estimate of drug-likeness (QED) is 0.521. The van der Waals surface area contributed by atoms with E-state index in [1.165, 1.54) is 6.07 Å². The molecule has 0 spiro atoms. The Morgan fingerprint density at radius 2 is 1.88 bits per heavy atom. The molecule has 1 heterocycles. The summed E-state index contributed by atoms with van der Waals surface area (Å²) in [7, 11) is 0. The number of aliphatic hydroxyl groups is 1. The standard InChI is InChI=1S/C24H22ClNO6S/c1-4-31-17-11-14(10-16(25)20(17)27)12-18-21(28)19(24(30)32-5-2)23(33-18)26-22(29)15-9-7-6-8-13(15)3/h6-12,27-28H,4-5H2,1-3H3/b18-12-,26-23?. The van der Waals surface area contributed by atoms with E-state index in [1.54, 1.807) is 57.2 Å². The number of hydrogen-bond donors (Lipinski definition) is 2. The summed E-state index contributed by atoms with van der Waals surface area (Å²) in [6, 6.07) is 9.97. The van der Waals surface area contributed by atoms with Crippen LogP contribution in [0.5, 0.6) is 11.5 Å². The lowest BCUT2D eigenvalue weighted by Gasteiger charge is -2.09. The molecule has 0 saturated heterocycles. The van der Waals surface area contributed by atoms with Crippen LogP contribution in [0.4, 0.5) is 0 Å². The van der Waals surface area contributed by atoms with Crippen molar-refractivity contribution in [2.45, 2.75) is 20.8 Å². The van der Waals surface area contributed by atoms with E-state index in [9.17, 15) is 19.8 Å². The number of aromatic hydroxyl groups is 1. The average molecular weight is 488 g/mol. The molecule has 172 valence electrons. The van der Waals surface area contributed by atoms with Crippen molar-refractivity contribution in [3.63, 3.8) is 0 Å². The molecule has 1 aliphatic rings. The predicted octanol–water partition coefficient (Wildman–Crippen LogP) is 5.45. The fourth-order valence-corrected chi connectivity index (χ4v) is 4.28. The smallest absolute Gasteiger partial charge is 0.344 e. The zero-order chi connectivity index (χ0) is 24.1. The van der Waals surface area contributed by atoms with Gasteiger partial charge in [0, 0.05) is 5.56 Å². The van der Waals surface area contributed by atoms with E-state index in [0.29, 0.717) is 17.7 Å². The van der Waals surface area contributed by atoms with E-state index in [2.05, 4.69) is 4.99 Å². The molecule has 1 amide bonds. The lowest BCUT2D eigenvalue weighted by atomic mass is 10.1. The fraction of sp³-hybridized carbons (Fsp3) is 0.208. The van der Waals surface area contributed by atoms with Crippen molar-refractivity contribution < 1.29 is 29.3 Å². The number of thioether (sulfide) groups is 1. The van der Waals surface area contributed by atoms with Crippen LogP contribution in [-0.4, -0.2) is 40.3 Å². The number of halogens is 1. The van der Waals surface area contributed by atoms with Crippen molar-refractivity contribution in [3.05, 3.63) is 74.3 Å². The van der Waals surface area contributed by atoms with Crippen molar-refractivity contribution in [1.82, 2.24) is 0 Å². The Morgan fingerprint density at radius 1 is 1.15 bits per heavy atom. The Kier molecular flexibility index (Phi) is 7.84. The number of amides is 1. The van der Waals surface area contributed by atoms with E-state index in [0.717, 1.165) is 17.3 Å². The summed E-state index contributed by atoms with van der Waals surface area (Å²) >= 11 is 7.05. The average Bonchev–Trinajstić information content (AvgIpc) is 3.06. The van der Waals surface area contributed by atoms with Crippen LogP contribution >= 0.6 is 23.4 Å². The van der Waals surface area contributed by atoms with Gasteiger partial charge in [-0.15, -0.1) is 0 Å². The van der Waals surface area contributed by atoms with E-state index >= 15 is 0 Å². The Morgan fingerprint density at radius 3 is 2.55 bits per heavy atom. The third-order valence-corrected chi connectivity index (χ3v) is 5.91. The summed E-state index contributed by atoms with van der Waals surface area (Å²) in [4.78, 5) is 29.7. The zero-order valence-electron chi connectivity index (χ0n) is 18.2. The van der Waals surface area contributed by atoms with E-state index < -0.39 is 11.9 Å². The van der Waals surface area contributed by atoms with Gasteiger partial charge in [-0.25, -0.2) is 9.79 Å². The molecular formula is C24H22ClNO6S. The number of aryl methyl sites for hydroxylation is 1.